The van der Waals surface area contributed by atoms with Crippen LogP contribution in [-0.4, -0.2) is 18.3 Å². The van der Waals surface area contributed by atoms with Crippen molar-refractivity contribution in [1.29, 1.82) is 5.26 Å². The fourth-order valence-corrected chi connectivity index (χ4v) is 1.70. The summed E-state index contributed by atoms with van der Waals surface area (Å²) in [7, 11) is 0. The summed E-state index contributed by atoms with van der Waals surface area (Å²) in [5, 5.41) is 21.2. The largest absolute Gasteiger partial charge is 0.396 e. The molecule has 1 aromatic rings. The van der Waals surface area contributed by atoms with Crippen LogP contribution in [0.15, 0.2) is 24.3 Å². The van der Waals surface area contributed by atoms with Crippen LogP contribution in [0, 0.1) is 16.7 Å². The van der Waals surface area contributed by atoms with E-state index in [9.17, 15) is 0 Å². The number of nitrogens with one attached hydrogen (secondary N) is 1. The molecule has 0 bridgehead atoms. The minimum atomic E-state index is 0.0239. The smallest absolute Gasteiger partial charge is 0.0991 e. The van der Waals surface area contributed by atoms with Gasteiger partial charge in [0.05, 0.1) is 11.6 Å². The summed E-state index contributed by atoms with van der Waals surface area (Å²) < 4.78 is 0. The van der Waals surface area contributed by atoms with Crippen LogP contribution in [0.25, 0.3) is 0 Å². The summed E-state index contributed by atoms with van der Waals surface area (Å²) in [6, 6.07) is 9.74. The highest BCUT2D eigenvalue weighted by molar-refractivity contribution is 5.31. The van der Waals surface area contributed by atoms with E-state index < -0.39 is 0 Å². The highest BCUT2D eigenvalue weighted by Gasteiger charge is 2.14. The van der Waals surface area contributed by atoms with E-state index in [1.807, 2.05) is 24.3 Å². The Labute approximate surface area is 109 Å². The number of nitriles is 1. The minimum Gasteiger partial charge on any atom is -0.396 e. The van der Waals surface area contributed by atoms with E-state index >= 15 is 0 Å². The van der Waals surface area contributed by atoms with Crippen LogP contribution >= 0.6 is 0 Å². The topological polar surface area (TPSA) is 56.0 Å². The molecule has 0 aromatic heterocycles. The van der Waals surface area contributed by atoms with Crippen LogP contribution in [0.5, 0.6) is 0 Å². The maximum atomic E-state index is 9.13. The van der Waals surface area contributed by atoms with Gasteiger partial charge in [-0.1, -0.05) is 26.0 Å². The minimum absolute atomic E-state index is 0.0239. The van der Waals surface area contributed by atoms with E-state index in [1.54, 1.807) is 0 Å². The predicted octanol–water partition coefficient (Wildman–Crippen LogP) is 2.45. The van der Waals surface area contributed by atoms with E-state index in [4.69, 9.17) is 10.4 Å². The molecule has 0 aliphatic rings. The molecular weight excluding hydrogens is 224 g/mol. The van der Waals surface area contributed by atoms with Crippen molar-refractivity contribution < 1.29 is 5.11 Å². The zero-order chi connectivity index (χ0) is 13.4. The van der Waals surface area contributed by atoms with Crippen molar-refractivity contribution in [3.8, 4) is 6.07 Å². The molecule has 3 heteroatoms. The molecule has 0 radical (unpaired) electrons. The summed E-state index contributed by atoms with van der Waals surface area (Å²) >= 11 is 0. The number of benzene rings is 1. The Morgan fingerprint density at radius 1 is 1.28 bits per heavy atom. The Morgan fingerprint density at radius 3 is 2.50 bits per heavy atom. The van der Waals surface area contributed by atoms with Gasteiger partial charge in [0, 0.05) is 13.2 Å². The van der Waals surface area contributed by atoms with Crippen molar-refractivity contribution >= 4 is 0 Å². The summed E-state index contributed by atoms with van der Waals surface area (Å²) in [6.45, 7) is 6.17. The first-order valence-electron chi connectivity index (χ1n) is 6.38. The number of aliphatic hydroxyl groups excluding tert-OH is 1. The maximum absolute atomic E-state index is 9.13. The molecular formula is C15H22N2O. The van der Waals surface area contributed by atoms with Crippen LogP contribution in [0.3, 0.4) is 0 Å². The normalized spacial score (nSPS) is 11.2. The first-order valence-corrected chi connectivity index (χ1v) is 6.38. The van der Waals surface area contributed by atoms with Gasteiger partial charge in [-0.2, -0.15) is 5.26 Å². The number of nitrogens with zero attached hydrogens (tertiary/aromatic N) is 1. The Bertz CT molecular complexity index is 390. The lowest BCUT2D eigenvalue weighted by Gasteiger charge is -2.21. The lowest BCUT2D eigenvalue weighted by Crippen LogP contribution is -2.20. The number of hydrogen-bond donors (Lipinski definition) is 2. The van der Waals surface area contributed by atoms with Crippen LogP contribution < -0.4 is 5.32 Å². The zero-order valence-electron chi connectivity index (χ0n) is 11.2. The quantitative estimate of drug-likeness (QED) is 0.727. The molecule has 3 nitrogen and oxygen atoms in total. The van der Waals surface area contributed by atoms with E-state index in [0.717, 1.165) is 25.9 Å². The molecule has 0 fully saturated rings. The second-order valence-corrected chi connectivity index (χ2v) is 5.41. The first kappa shape index (κ1) is 14.7. The van der Waals surface area contributed by atoms with Crippen LogP contribution in [0.2, 0.25) is 0 Å². The van der Waals surface area contributed by atoms with Crippen LogP contribution in [0.4, 0.5) is 0 Å². The lowest BCUT2D eigenvalue weighted by molar-refractivity contribution is 0.148. The number of aliphatic hydroxyl groups is 1. The second-order valence-electron chi connectivity index (χ2n) is 5.41. The van der Waals surface area contributed by atoms with Gasteiger partial charge in [0.2, 0.25) is 0 Å². The van der Waals surface area contributed by atoms with Crippen LogP contribution in [0.1, 0.15) is 37.8 Å². The van der Waals surface area contributed by atoms with Crippen molar-refractivity contribution in [3.05, 3.63) is 35.4 Å². The third kappa shape index (κ3) is 5.31. The van der Waals surface area contributed by atoms with Crippen molar-refractivity contribution in [2.75, 3.05) is 13.2 Å². The molecule has 0 aliphatic heterocycles. The Balaban J connectivity index is 2.20. The van der Waals surface area contributed by atoms with Gasteiger partial charge >= 0.3 is 0 Å². The molecule has 0 saturated heterocycles. The lowest BCUT2D eigenvalue weighted by atomic mass is 9.89. The Hall–Kier alpha value is -1.37. The molecule has 0 unspecified atom stereocenters. The van der Waals surface area contributed by atoms with Gasteiger partial charge in [-0.25, -0.2) is 0 Å². The van der Waals surface area contributed by atoms with Crippen molar-refractivity contribution in [1.82, 2.24) is 5.32 Å². The van der Waals surface area contributed by atoms with Gasteiger partial charge in [0.25, 0.3) is 0 Å². The molecule has 0 aliphatic carbocycles. The SMILES string of the molecule is CC(C)(CO)CCCNCc1ccc(C#N)cc1. The molecule has 2 N–H and O–H groups in total. The first-order chi connectivity index (χ1) is 8.57. The molecule has 0 atom stereocenters. The maximum Gasteiger partial charge on any atom is 0.0991 e. The average molecular weight is 246 g/mol. The fraction of sp³-hybridized carbons (Fsp3) is 0.533. The van der Waals surface area contributed by atoms with E-state index in [2.05, 4.69) is 25.2 Å². The standard InChI is InChI=1S/C15H22N2O/c1-15(2,12-18)8-3-9-17-11-14-6-4-13(10-16)5-7-14/h4-7,17-18H,3,8-9,11-12H2,1-2H3. The summed E-state index contributed by atoms with van der Waals surface area (Å²) in [6.07, 6.45) is 2.08. The number of rotatable bonds is 7. The summed E-state index contributed by atoms with van der Waals surface area (Å²) in [4.78, 5) is 0. The molecule has 98 valence electrons. The van der Waals surface area contributed by atoms with Gasteiger partial charge in [-0.15, -0.1) is 0 Å². The molecule has 0 heterocycles. The highest BCUT2D eigenvalue weighted by atomic mass is 16.3. The van der Waals surface area contributed by atoms with E-state index in [-0.39, 0.29) is 12.0 Å². The van der Waals surface area contributed by atoms with Gasteiger partial charge in [0.15, 0.2) is 0 Å². The zero-order valence-corrected chi connectivity index (χ0v) is 11.2. The van der Waals surface area contributed by atoms with Crippen molar-refractivity contribution in [2.24, 2.45) is 5.41 Å². The third-order valence-electron chi connectivity index (χ3n) is 3.05. The highest BCUT2D eigenvalue weighted by Crippen LogP contribution is 2.20. The van der Waals surface area contributed by atoms with E-state index in [1.165, 1.54) is 5.56 Å². The van der Waals surface area contributed by atoms with Gasteiger partial charge in [0.1, 0.15) is 0 Å². The second kappa shape index (κ2) is 7.15. The van der Waals surface area contributed by atoms with Gasteiger partial charge in [-0.05, 0) is 42.5 Å². The summed E-state index contributed by atoms with van der Waals surface area (Å²) in [5.74, 6) is 0. The monoisotopic (exact) mass is 246 g/mol. The fourth-order valence-electron chi connectivity index (χ4n) is 1.70. The van der Waals surface area contributed by atoms with Crippen molar-refractivity contribution in [2.45, 2.75) is 33.2 Å². The summed E-state index contributed by atoms with van der Waals surface area (Å²) in [5.41, 5.74) is 1.91. The van der Waals surface area contributed by atoms with Gasteiger partial charge in [-0.3, -0.25) is 0 Å². The molecule has 0 saturated carbocycles. The molecule has 0 amide bonds. The molecule has 1 rings (SSSR count). The molecule has 1 aromatic carbocycles. The van der Waals surface area contributed by atoms with Crippen molar-refractivity contribution in [3.63, 3.8) is 0 Å². The molecule has 0 spiro atoms. The third-order valence-corrected chi connectivity index (χ3v) is 3.05. The predicted molar refractivity (Wildman–Crippen MR) is 73.0 cm³/mol. The Morgan fingerprint density at radius 2 is 1.94 bits per heavy atom. The Kier molecular flexibility index (Phi) is 5.84. The van der Waals surface area contributed by atoms with E-state index in [0.29, 0.717) is 5.56 Å². The van der Waals surface area contributed by atoms with Gasteiger partial charge < -0.3 is 10.4 Å². The molecule has 18 heavy (non-hydrogen) atoms. The number of hydrogen-bond acceptors (Lipinski definition) is 3. The van der Waals surface area contributed by atoms with Crippen LogP contribution in [-0.2, 0) is 6.54 Å². The average Bonchev–Trinajstić information content (AvgIpc) is 2.39.